The summed E-state index contributed by atoms with van der Waals surface area (Å²) in [4.78, 5) is 36.5. The highest BCUT2D eigenvalue weighted by Gasteiger charge is 2.35. The average Bonchev–Trinajstić information content (AvgIpc) is 3.15. The van der Waals surface area contributed by atoms with Crippen LogP contribution in [0.2, 0.25) is 0 Å². The Bertz CT molecular complexity index is 833. The fourth-order valence-electron chi connectivity index (χ4n) is 2.65. The summed E-state index contributed by atoms with van der Waals surface area (Å²) in [6, 6.07) is 7.39. The number of furan rings is 1. The second-order valence-corrected chi connectivity index (χ2v) is 5.70. The SMILES string of the molecule is CCC1Oc2ccc([N+](=O)[O-])cc2N(CC(=O)NCc2ccco2)C1=O. The zero-order valence-corrected chi connectivity index (χ0v) is 14.0. The third-order valence-electron chi connectivity index (χ3n) is 3.97. The Hall–Kier alpha value is -3.36. The van der Waals surface area contributed by atoms with Crippen molar-refractivity contribution in [3.05, 3.63) is 52.5 Å². The first-order valence-corrected chi connectivity index (χ1v) is 8.05. The predicted octanol–water partition coefficient (Wildman–Crippen LogP) is 2.01. The molecule has 1 aliphatic heterocycles. The summed E-state index contributed by atoms with van der Waals surface area (Å²) >= 11 is 0. The highest BCUT2D eigenvalue weighted by Crippen LogP contribution is 2.37. The molecule has 0 saturated heterocycles. The molecule has 1 unspecified atom stereocenters. The molecule has 1 aliphatic rings. The molecule has 2 heterocycles. The maximum absolute atomic E-state index is 12.6. The number of hydrogen-bond donors (Lipinski definition) is 1. The van der Waals surface area contributed by atoms with Crippen LogP contribution in [0, 0.1) is 10.1 Å². The van der Waals surface area contributed by atoms with E-state index in [9.17, 15) is 19.7 Å². The van der Waals surface area contributed by atoms with Crippen molar-refractivity contribution < 1.29 is 23.7 Å². The van der Waals surface area contributed by atoms with Crippen LogP contribution in [0.4, 0.5) is 11.4 Å². The van der Waals surface area contributed by atoms with Gasteiger partial charge in [0.1, 0.15) is 18.1 Å². The number of carbonyl (C=O) groups excluding carboxylic acids is 2. The third kappa shape index (κ3) is 3.51. The molecule has 0 fully saturated rings. The van der Waals surface area contributed by atoms with Crippen molar-refractivity contribution >= 4 is 23.2 Å². The van der Waals surface area contributed by atoms with E-state index in [1.807, 2.05) is 0 Å². The first kappa shape index (κ1) is 17.5. The van der Waals surface area contributed by atoms with Crippen molar-refractivity contribution in [1.82, 2.24) is 5.32 Å². The molecule has 2 amide bonds. The number of non-ortho nitro benzene ring substituents is 1. The molecule has 1 aromatic heterocycles. The van der Waals surface area contributed by atoms with Crippen LogP contribution in [0.3, 0.4) is 0 Å². The van der Waals surface area contributed by atoms with Crippen LogP contribution in [-0.4, -0.2) is 29.4 Å². The standard InChI is InChI=1S/C17H17N3O6/c1-2-14-17(22)19(10-16(21)18-9-12-4-3-7-25-12)13-8-11(20(23)24)5-6-15(13)26-14/h3-8,14H,2,9-10H2,1H3,(H,18,21). The van der Waals surface area contributed by atoms with Gasteiger partial charge in [-0.05, 0) is 24.6 Å². The van der Waals surface area contributed by atoms with Crippen LogP contribution >= 0.6 is 0 Å². The number of benzene rings is 1. The second-order valence-electron chi connectivity index (χ2n) is 5.70. The number of carbonyl (C=O) groups is 2. The Morgan fingerprint density at radius 1 is 1.38 bits per heavy atom. The maximum atomic E-state index is 12.6. The highest BCUT2D eigenvalue weighted by atomic mass is 16.6. The van der Waals surface area contributed by atoms with Gasteiger partial charge in [-0.1, -0.05) is 6.92 Å². The first-order valence-electron chi connectivity index (χ1n) is 8.05. The normalized spacial score (nSPS) is 16.0. The lowest BCUT2D eigenvalue weighted by atomic mass is 10.1. The molecular formula is C17H17N3O6. The number of rotatable bonds is 6. The molecule has 9 heteroatoms. The molecule has 2 aromatic rings. The van der Waals surface area contributed by atoms with Gasteiger partial charge in [-0.25, -0.2) is 0 Å². The second kappa shape index (κ2) is 7.26. The van der Waals surface area contributed by atoms with Crippen LogP contribution in [0.15, 0.2) is 41.0 Å². The van der Waals surface area contributed by atoms with E-state index >= 15 is 0 Å². The molecule has 1 atom stereocenters. The number of nitro benzene ring substituents is 1. The van der Waals surface area contributed by atoms with Crippen molar-refractivity contribution in [3.63, 3.8) is 0 Å². The van der Waals surface area contributed by atoms with Crippen molar-refractivity contribution in [1.29, 1.82) is 0 Å². The van der Waals surface area contributed by atoms with E-state index in [0.717, 1.165) is 0 Å². The Morgan fingerprint density at radius 2 is 2.19 bits per heavy atom. The number of hydrogen-bond acceptors (Lipinski definition) is 6. The summed E-state index contributed by atoms with van der Waals surface area (Å²) in [5.41, 5.74) is 0.0261. The maximum Gasteiger partial charge on any atom is 0.271 e. The number of anilines is 1. The lowest BCUT2D eigenvalue weighted by Gasteiger charge is -2.33. The summed E-state index contributed by atoms with van der Waals surface area (Å²) in [7, 11) is 0. The topological polar surface area (TPSA) is 115 Å². The Balaban J connectivity index is 1.81. The molecule has 3 rings (SSSR count). The number of nitro groups is 1. The average molecular weight is 359 g/mol. The van der Waals surface area contributed by atoms with E-state index in [4.69, 9.17) is 9.15 Å². The number of amides is 2. The zero-order valence-electron chi connectivity index (χ0n) is 14.0. The number of nitrogens with one attached hydrogen (secondary N) is 1. The molecule has 26 heavy (non-hydrogen) atoms. The van der Waals surface area contributed by atoms with E-state index in [0.29, 0.717) is 17.9 Å². The molecule has 0 saturated carbocycles. The molecule has 0 aliphatic carbocycles. The number of nitrogens with zero attached hydrogens (tertiary/aromatic N) is 2. The molecule has 0 spiro atoms. The molecule has 1 N–H and O–H groups in total. The van der Waals surface area contributed by atoms with Crippen molar-refractivity contribution in [2.75, 3.05) is 11.4 Å². The summed E-state index contributed by atoms with van der Waals surface area (Å²) in [6.07, 6.45) is 1.18. The fourth-order valence-corrected chi connectivity index (χ4v) is 2.65. The van der Waals surface area contributed by atoms with Crippen LogP contribution in [-0.2, 0) is 16.1 Å². The predicted molar refractivity (Wildman–Crippen MR) is 90.7 cm³/mol. The zero-order chi connectivity index (χ0) is 18.7. The molecule has 1 aromatic carbocycles. The van der Waals surface area contributed by atoms with Crippen LogP contribution < -0.4 is 15.0 Å². The van der Waals surface area contributed by atoms with E-state index < -0.39 is 22.8 Å². The lowest BCUT2D eigenvalue weighted by Crippen LogP contribution is -2.49. The summed E-state index contributed by atoms with van der Waals surface area (Å²) < 4.78 is 10.7. The van der Waals surface area contributed by atoms with Crippen molar-refractivity contribution in [3.8, 4) is 5.75 Å². The van der Waals surface area contributed by atoms with Gasteiger partial charge < -0.3 is 14.5 Å². The van der Waals surface area contributed by atoms with Gasteiger partial charge in [-0.15, -0.1) is 0 Å². The van der Waals surface area contributed by atoms with E-state index in [-0.39, 0.29) is 24.5 Å². The third-order valence-corrected chi connectivity index (χ3v) is 3.97. The first-order chi connectivity index (χ1) is 12.5. The van der Waals surface area contributed by atoms with Gasteiger partial charge in [-0.2, -0.15) is 0 Å². The van der Waals surface area contributed by atoms with Gasteiger partial charge in [0.15, 0.2) is 6.10 Å². The molecule has 0 radical (unpaired) electrons. The van der Waals surface area contributed by atoms with E-state index in [1.54, 1.807) is 19.1 Å². The van der Waals surface area contributed by atoms with E-state index in [2.05, 4.69) is 5.32 Å². The lowest BCUT2D eigenvalue weighted by molar-refractivity contribution is -0.384. The Morgan fingerprint density at radius 3 is 2.85 bits per heavy atom. The molecule has 0 bridgehead atoms. The van der Waals surface area contributed by atoms with Gasteiger partial charge in [-0.3, -0.25) is 24.6 Å². The highest BCUT2D eigenvalue weighted by molar-refractivity contribution is 6.04. The van der Waals surface area contributed by atoms with Gasteiger partial charge >= 0.3 is 0 Å². The van der Waals surface area contributed by atoms with Gasteiger partial charge in [0.25, 0.3) is 11.6 Å². The number of ether oxygens (including phenoxy) is 1. The van der Waals surface area contributed by atoms with Gasteiger partial charge in [0, 0.05) is 12.1 Å². The van der Waals surface area contributed by atoms with Crippen LogP contribution in [0.25, 0.3) is 0 Å². The minimum absolute atomic E-state index is 0.184. The Labute approximate surface area is 148 Å². The molecular weight excluding hydrogens is 342 g/mol. The minimum Gasteiger partial charge on any atom is -0.478 e. The van der Waals surface area contributed by atoms with Gasteiger partial charge in [0.2, 0.25) is 5.91 Å². The van der Waals surface area contributed by atoms with Gasteiger partial charge in [0.05, 0.1) is 23.4 Å². The smallest absolute Gasteiger partial charge is 0.271 e. The Kier molecular flexibility index (Phi) is 4.87. The van der Waals surface area contributed by atoms with E-state index in [1.165, 1.54) is 29.4 Å². The largest absolute Gasteiger partial charge is 0.478 e. The quantitative estimate of drug-likeness (QED) is 0.623. The van der Waals surface area contributed by atoms with Crippen molar-refractivity contribution in [2.45, 2.75) is 26.0 Å². The summed E-state index contributed by atoms with van der Waals surface area (Å²) in [5, 5.41) is 13.7. The van der Waals surface area contributed by atoms with Crippen molar-refractivity contribution in [2.24, 2.45) is 0 Å². The monoisotopic (exact) mass is 359 g/mol. The molecule has 136 valence electrons. The summed E-state index contributed by atoms with van der Waals surface area (Å²) in [5.74, 6) is 0.0904. The minimum atomic E-state index is -0.734. The summed E-state index contributed by atoms with van der Waals surface area (Å²) in [6.45, 7) is 1.70. The fraction of sp³-hybridized carbons (Fsp3) is 0.294. The number of fused-ring (bicyclic) bond motifs is 1. The molecule has 9 nitrogen and oxygen atoms in total. The van der Waals surface area contributed by atoms with Crippen LogP contribution in [0.5, 0.6) is 5.75 Å². The van der Waals surface area contributed by atoms with Crippen LogP contribution in [0.1, 0.15) is 19.1 Å².